The highest BCUT2D eigenvalue weighted by Gasteiger charge is 2.47. The summed E-state index contributed by atoms with van der Waals surface area (Å²) in [4.78, 5) is 24.4. The topological polar surface area (TPSA) is 92.8 Å². The maximum atomic E-state index is 12.8. The molecule has 1 aromatic rings. The van der Waals surface area contributed by atoms with Crippen molar-refractivity contribution in [3.05, 3.63) is 42.0 Å². The van der Waals surface area contributed by atoms with Crippen molar-refractivity contribution in [1.82, 2.24) is 10.2 Å². The molecule has 8 heteroatoms. The Balaban J connectivity index is 1.50. The first-order chi connectivity index (χ1) is 15.0. The molecule has 2 fully saturated rings. The molecule has 1 heterocycles. The van der Waals surface area contributed by atoms with E-state index >= 15 is 0 Å². The number of sulfone groups is 1. The lowest BCUT2D eigenvalue weighted by Crippen LogP contribution is -2.49. The first kappa shape index (κ1) is 24.3. The van der Waals surface area contributed by atoms with Gasteiger partial charge in [0.2, 0.25) is 5.91 Å². The Hall–Kier alpha value is -2.35. The standard InChI is InChI=1S/C24H34N2O5S/c1-23(2,3)17-31-20-9-7-8-19(16-20)24(11-12-24)18-32(29,30)15-6-4-5-13-26-14-10-21(27)25-22(26)28/h4-5,7-9,16H,6,10-15,17-18H2,1-3H3,(H,25,27,28)/b5-4+. The summed E-state index contributed by atoms with van der Waals surface area (Å²) < 4.78 is 31.5. The van der Waals surface area contributed by atoms with Gasteiger partial charge in [-0.2, -0.15) is 0 Å². The van der Waals surface area contributed by atoms with Crippen LogP contribution in [0.15, 0.2) is 36.4 Å². The van der Waals surface area contributed by atoms with Gasteiger partial charge in [0.1, 0.15) is 5.75 Å². The van der Waals surface area contributed by atoms with Crippen molar-refractivity contribution >= 4 is 21.8 Å². The summed E-state index contributed by atoms with van der Waals surface area (Å²) >= 11 is 0. The van der Waals surface area contributed by atoms with Crippen LogP contribution in [0.5, 0.6) is 5.75 Å². The molecule has 1 N–H and O–H groups in total. The number of ether oxygens (including phenoxy) is 1. The summed E-state index contributed by atoms with van der Waals surface area (Å²) in [5, 5.41) is 2.27. The van der Waals surface area contributed by atoms with Gasteiger partial charge in [0, 0.05) is 24.9 Å². The third-order valence-corrected chi connectivity index (χ3v) is 7.55. The predicted octanol–water partition coefficient (Wildman–Crippen LogP) is 3.45. The fraction of sp³-hybridized carbons (Fsp3) is 0.583. The fourth-order valence-electron chi connectivity index (χ4n) is 3.72. The summed E-state index contributed by atoms with van der Waals surface area (Å²) in [6, 6.07) is 7.45. The van der Waals surface area contributed by atoms with Gasteiger partial charge in [-0.05, 0) is 42.4 Å². The summed E-state index contributed by atoms with van der Waals surface area (Å²) in [6.07, 6.45) is 6.01. The molecule has 32 heavy (non-hydrogen) atoms. The van der Waals surface area contributed by atoms with Gasteiger partial charge in [0.15, 0.2) is 9.84 Å². The zero-order valence-electron chi connectivity index (χ0n) is 19.2. The third-order valence-electron chi connectivity index (χ3n) is 5.70. The molecule has 1 aliphatic heterocycles. The molecule has 0 spiro atoms. The highest BCUT2D eigenvalue weighted by molar-refractivity contribution is 7.91. The Morgan fingerprint density at radius 3 is 2.59 bits per heavy atom. The Bertz CT molecular complexity index is 974. The number of imide groups is 1. The van der Waals surface area contributed by atoms with E-state index in [-0.39, 0.29) is 28.2 Å². The molecule has 1 saturated heterocycles. The van der Waals surface area contributed by atoms with E-state index in [9.17, 15) is 18.0 Å². The van der Waals surface area contributed by atoms with Gasteiger partial charge in [-0.3, -0.25) is 10.1 Å². The molecule has 1 aromatic carbocycles. The minimum Gasteiger partial charge on any atom is -0.493 e. The molecule has 0 aromatic heterocycles. The van der Waals surface area contributed by atoms with Crippen LogP contribution in [0.4, 0.5) is 4.79 Å². The molecule has 0 unspecified atom stereocenters. The predicted molar refractivity (Wildman–Crippen MR) is 124 cm³/mol. The van der Waals surface area contributed by atoms with Crippen LogP contribution in [0.25, 0.3) is 0 Å². The van der Waals surface area contributed by atoms with Gasteiger partial charge in [0.05, 0.1) is 18.1 Å². The molecule has 2 aliphatic rings. The number of carbonyl (C=O) groups excluding carboxylic acids is 2. The molecule has 3 rings (SSSR count). The Morgan fingerprint density at radius 1 is 1.19 bits per heavy atom. The van der Waals surface area contributed by atoms with Crippen LogP contribution < -0.4 is 10.1 Å². The second-order valence-corrected chi connectivity index (χ2v) is 12.2. The lowest BCUT2D eigenvalue weighted by atomic mass is 9.97. The minimum atomic E-state index is -3.23. The van der Waals surface area contributed by atoms with Crippen molar-refractivity contribution in [3.63, 3.8) is 0 Å². The van der Waals surface area contributed by atoms with E-state index in [1.807, 2.05) is 24.3 Å². The molecule has 0 radical (unpaired) electrons. The van der Waals surface area contributed by atoms with Crippen LogP contribution in [-0.4, -0.2) is 56.5 Å². The first-order valence-electron chi connectivity index (χ1n) is 11.2. The van der Waals surface area contributed by atoms with E-state index in [1.54, 1.807) is 12.2 Å². The van der Waals surface area contributed by atoms with E-state index in [2.05, 4.69) is 26.1 Å². The van der Waals surface area contributed by atoms with Crippen LogP contribution in [-0.2, 0) is 20.0 Å². The molecular formula is C24H34N2O5S. The maximum Gasteiger partial charge on any atom is 0.324 e. The van der Waals surface area contributed by atoms with Gasteiger partial charge in [-0.25, -0.2) is 13.2 Å². The number of allylic oxidation sites excluding steroid dienone is 1. The highest BCUT2D eigenvalue weighted by atomic mass is 32.2. The van der Waals surface area contributed by atoms with Crippen molar-refractivity contribution in [3.8, 4) is 5.75 Å². The second-order valence-electron chi connectivity index (χ2n) is 10.1. The van der Waals surface area contributed by atoms with Gasteiger partial charge in [0.25, 0.3) is 0 Å². The average molecular weight is 463 g/mol. The molecule has 1 aliphatic carbocycles. The normalized spacial score (nSPS) is 18.7. The molecule has 0 atom stereocenters. The lowest BCUT2D eigenvalue weighted by molar-refractivity contribution is -0.121. The number of carbonyl (C=O) groups is 2. The van der Waals surface area contributed by atoms with Crippen molar-refractivity contribution in [2.24, 2.45) is 5.41 Å². The summed E-state index contributed by atoms with van der Waals surface area (Å²) in [6.45, 7) is 7.69. The monoisotopic (exact) mass is 462 g/mol. The molecule has 0 bridgehead atoms. The molecule has 1 saturated carbocycles. The van der Waals surface area contributed by atoms with Crippen LogP contribution in [0, 0.1) is 5.41 Å². The van der Waals surface area contributed by atoms with E-state index in [0.29, 0.717) is 32.5 Å². The number of nitrogens with one attached hydrogen (secondary N) is 1. The van der Waals surface area contributed by atoms with Crippen LogP contribution >= 0.6 is 0 Å². The lowest BCUT2D eigenvalue weighted by Gasteiger charge is -2.25. The maximum absolute atomic E-state index is 12.8. The Labute approximate surface area is 191 Å². The van der Waals surface area contributed by atoms with Crippen LogP contribution in [0.1, 0.15) is 52.0 Å². The number of benzene rings is 1. The van der Waals surface area contributed by atoms with Gasteiger partial charge in [-0.1, -0.05) is 45.1 Å². The molecule has 7 nitrogen and oxygen atoms in total. The molecule has 176 valence electrons. The van der Waals surface area contributed by atoms with E-state index < -0.39 is 15.9 Å². The minimum absolute atomic E-state index is 0.0549. The zero-order valence-corrected chi connectivity index (χ0v) is 20.0. The first-order valence-corrected chi connectivity index (χ1v) is 13.0. The highest BCUT2D eigenvalue weighted by Crippen LogP contribution is 2.50. The van der Waals surface area contributed by atoms with Crippen molar-refractivity contribution in [1.29, 1.82) is 0 Å². The van der Waals surface area contributed by atoms with E-state index in [1.165, 1.54) is 4.90 Å². The number of rotatable bonds is 10. The second kappa shape index (κ2) is 9.65. The molecular weight excluding hydrogens is 428 g/mol. The average Bonchev–Trinajstić information content (AvgIpc) is 3.47. The van der Waals surface area contributed by atoms with Gasteiger partial charge >= 0.3 is 6.03 Å². The van der Waals surface area contributed by atoms with Crippen molar-refractivity contribution in [2.45, 2.75) is 51.9 Å². The number of hydrogen-bond acceptors (Lipinski definition) is 5. The number of amides is 3. The number of hydrogen-bond donors (Lipinski definition) is 1. The molecule has 3 amide bonds. The quantitative estimate of drug-likeness (QED) is 0.538. The van der Waals surface area contributed by atoms with Gasteiger partial charge < -0.3 is 9.64 Å². The van der Waals surface area contributed by atoms with E-state index in [0.717, 1.165) is 24.2 Å². The Kier molecular flexibility index (Phi) is 7.32. The number of nitrogens with zero attached hydrogens (tertiary/aromatic N) is 1. The third kappa shape index (κ3) is 7.08. The number of urea groups is 1. The van der Waals surface area contributed by atoms with Crippen LogP contribution in [0.2, 0.25) is 0 Å². The summed E-state index contributed by atoms with van der Waals surface area (Å²) in [5.74, 6) is 0.748. The van der Waals surface area contributed by atoms with Crippen LogP contribution in [0.3, 0.4) is 0 Å². The summed E-state index contributed by atoms with van der Waals surface area (Å²) in [5.41, 5.74) is 0.787. The van der Waals surface area contributed by atoms with Crippen molar-refractivity contribution in [2.75, 3.05) is 31.2 Å². The van der Waals surface area contributed by atoms with Gasteiger partial charge in [-0.15, -0.1) is 0 Å². The zero-order chi connectivity index (χ0) is 23.4. The van der Waals surface area contributed by atoms with E-state index in [4.69, 9.17) is 4.74 Å². The SMILES string of the molecule is CC(C)(C)COc1cccc(C2(CS(=O)(=O)CC/C=C/CN3CCC(=O)NC3=O)CC2)c1. The summed E-state index contributed by atoms with van der Waals surface area (Å²) in [7, 11) is -3.23. The Morgan fingerprint density at radius 2 is 1.94 bits per heavy atom. The van der Waals surface area contributed by atoms with Crippen molar-refractivity contribution < 1.29 is 22.7 Å². The smallest absolute Gasteiger partial charge is 0.324 e. The largest absolute Gasteiger partial charge is 0.493 e. The fourth-order valence-corrected chi connectivity index (χ4v) is 5.65.